The van der Waals surface area contributed by atoms with Crippen LogP contribution in [0.4, 0.5) is 4.39 Å². The van der Waals surface area contributed by atoms with E-state index in [4.69, 9.17) is 9.26 Å². The SMILES string of the molecule is Cc1cc(CS(=O)(=O)NC2c3ccc(F)cc3OC2C)on1. The molecule has 2 aromatic rings. The first-order chi connectivity index (χ1) is 10.3. The Hall–Kier alpha value is -1.93. The molecule has 0 saturated carbocycles. The quantitative estimate of drug-likeness (QED) is 0.930. The molecule has 1 aromatic heterocycles. The molecule has 0 amide bonds. The fraction of sp³-hybridized carbons (Fsp3) is 0.357. The molecular weight excluding hydrogens is 311 g/mol. The van der Waals surface area contributed by atoms with Crippen LogP contribution in [0.1, 0.15) is 30.0 Å². The van der Waals surface area contributed by atoms with Gasteiger partial charge in [0.1, 0.15) is 23.4 Å². The highest BCUT2D eigenvalue weighted by Crippen LogP contribution is 2.37. The molecular formula is C14H15FN2O4S. The zero-order valence-corrected chi connectivity index (χ0v) is 12.9. The number of sulfonamides is 1. The summed E-state index contributed by atoms with van der Waals surface area (Å²) in [5.74, 6) is -0.119. The van der Waals surface area contributed by atoms with E-state index >= 15 is 0 Å². The Morgan fingerprint density at radius 1 is 1.36 bits per heavy atom. The first-order valence-corrected chi connectivity index (χ1v) is 8.37. The second-order valence-corrected chi connectivity index (χ2v) is 7.05. The van der Waals surface area contributed by atoms with Crippen molar-refractivity contribution < 1.29 is 22.1 Å². The lowest BCUT2D eigenvalue weighted by atomic mass is 10.1. The second kappa shape index (κ2) is 5.36. The van der Waals surface area contributed by atoms with Gasteiger partial charge in [0.15, 0.2) is 5.76 Å². The summed E-state index contributed by atoms with van der Waals surface area (Å²) in [5, 5.41) is 3.66. The minimum atomic E-state index is -3.65. The number of fused-ring (bicyclic) bond motifs is 1. The number of rotatable bonds is 4. The van der Waals surface area contributed by atoms with Gasteiger partial charge in [-0.15, -0.1) is 0 Å². The van der Waals surface area contributed by atoms with Crippen LogP contribution in [0, 0.1) is 12.7 Å². The zero-order valence-electron chi connectivity index (χ0n) is 12.0. The first-order valence-electron chi connectivity index (χ1n) is 6.72. The Kier molecular flexibility index (Phi) is 3.65. The molecule has 1 aliphatic heterocycles. The Bertz CT molecular complexity index is 803. The lowest BCUT2D eigenvalue weighted by Crippen LogP contribution is -2.34. The lowest BCUT2D eigenvalue weighted by molar-refractivity contribution is 0.220. The van der Waals surface area contributed by atoms with Crippen molar-refractivity contribution in [3.05, 3.63) is 47.1 Å². The summed E-state index contributed by atoms with van der Waals surface area (Å²) >= 11 is 0. The Labute approximate surface area is 127 Å². The van der Waals surface area contributed by atoms with Crippen LogP contribution in [-0.4, -0.2) is 19.7 Å². The highest BCUT2D eigenvalue weighted by Gasteiger charge is 2.34. The van der Waals surface area contributed by atoms with Gasteiger partial charge in [0.25, 0.3) is 0 Å². The maximum atomic E-state index is 13.2. The lowest BCUT2D eigenvalue weighted by Gasteiger charge is -2.16. The standard InChI is InChI=1S/C14H15FN2O4S/c1-8-5-11(21-16-8)7-22(18,19)17-14-9(2)20-13-6-10(15)3-4-12(13)14/h3-6,9,14,17H,7H2,1-2H3. The average molecular weight is 326 g/mol. The molecule has 2 unspecified atom stereocenters. The summed E-state index contributed by atoms with van der Waals surface area (Å²) in [6.07, 6.45) is -0.428. The normalized spacial score (nSPS) is 20.7. The Morgan fingerprint density at radius 3 is 2.82 bits per heavy atom. The monoisotopic (exact) mass is 326 g/mol. The van der Waals surface area contributed by atoms with Crippen molar-refractivity contribution in [2.45, 2.75) is 31.7 Å². The fourth-order valence-corrected chi connectivity index (χ4v) is 3.75. The van der Waals surface area contributed by atoms with E-state index < -0.39 is 28.0 Å². The molecule has 1 aromatic carbocycles. The number of aryl methyl sites for hydroxylation is 1. The topological polar surface area (TPSA) is 81.4 Å². The zero-order chi connectivity index (χ0) is 15.9. The van der Waals surface area contributed by atoms with E-state index in [0.717, 1.165) is 0 Å². The summed E-state index contributed by atoms with van der Waals surface area (Å²) in [6.45, 7) is 3.44. The van der Waals surface area contributed by atoms with Crippen LogP contribution in [0.2, 0.25) is 0 Å². The van der Waals surface area contributed by atoms with Gasteiger partial charge < -0.3 is 9.26 Å². The van der Waals surface area contributed by atoms with Gasteiger partial charge in [0.05, 0.1) is 11.7 Å². The second-order valence-electron chi connectivity index (χ2n) is 5.29. The molecule has 3 rings (SSSR count). The van der Waals surface area contributed by atoms with Crippen LogP contribution in [0.5, 0.6) is 5.75 Å². The van der Waals surface area contributed by atoms with Crippen molar-refractivity contribution in [1.82, 2.24) is 9.88 Å². The van der Waals surface area contributed by atoms with Gasteiger partial charge in [-0.2, -0.15) is 0 Å². The Balaban J connectivity index is 1.81. The van der Waals surface area contributed by atoms with E-state index in [9.17, 15) is 12.8 Å². The van der Waals surface area contributed by atoms with Crippen molar-refractivity contribution in [1.29, 1.82) is 0 Å². The predicted octanol–water partition coefficient (Wildman–Crippen LogP) is 2.06. The minimum absolute atomic E-state index is 0.260. The van der Waals surface area contributed by atoms with E-state index in [2.05, 4.69) is 9.88 Å². The van der Waals surface area contributed by atoms with E-state index in [0.29, 0.717) is 17.0 Å². The number of nitrogens with one attached hydrogen (secondary N) is 1. The minimum Gasteiger partial charge on any atom is -0.488 e. The summed E-state index contributed by atoms with van der Waals surface area (Å²) in [7, 11) is -3.65. The largest absolute Gasteiger partial charge is 0.488 e. The molecule has 1 aliphatic rings. The highest BCUT2D eigenvalue weighted by atomic mass is 32.2. The molecule has 0 radical (unpaired) electrons. The molecule has 0 aliphatic carbocycles. The molecule has 22 heavy (non-hydrogen) atoms. The third kappa shape index (κ3) is 2.97. The van der Waals surface area contributed by atoms with Gasteiger partial charge in [0, 0.05) is 17.7 Å². The Morgan fingerprint density at radius 2 is 2.14 bits per heavy atom. The van der Waals surface area contributed by atoms with Crippen LogP contribution < -0.4 is 9.46 Å². The number of nitrogens with zero attached hydrogens (tertiary/aromatic N) is 1. The van der Waals surface area contributed by atoms with Gasteiger partial charge >= 0.3 is 0 Å². The van der Waals surface area contributed by atoms with E-state index in [1.807, 2.05) is 0 Å². The van der Waals surface area contributed by atoms with E-state index in [1.165, 1.54) is 18.2 Å². The van der Waals surface area contributed by atoms with Crippen molar-refractivity contribution in [3.63, 3.8) is 0 Å². The molecule has 0 saturated heterocycles. The number of hydrogen-bond donors (Lipinski definition) is 1. The smallest absolute Gasteiger partial charge is 0.219 e. The molecule has 6 nitrogen and oxygen atoms in total. The van der Waals surface area contributed by atoms with Gasteiger partial charge in [-0.1, -0.05) is 11.2 Å². The summed E-state index contributed by atoms with van der Waals surface area (Å²) < 4.78 is 50.7. The highest BCUT2D eigenvalue weighted by molar-refractivity contribution is 7.88. The van der Waals surface area contributed by atoms with Crippen LogP contribution in [0.3, 0.4) is 0 Å². The van der Waals surface area contributed by atoms with Crippen LogP contribution >= 0.6 is 0 Å². The molecule has 0 fully saturated rings. The maximum Gasteiger partial charge on any atom is 0.219 e. The molecule has 0 spiro atoms. The number of ether oxygens (including phenoxy) is 1. The third-order valence-electron chi connectivity index (χ3n) is 3.41. The van der Waals surface area contributed by atoms with Crippen molar-refractivity contribution in [2.24, 2.45) is 0 Å². The molecule has 8 heteroatoms. The number of aromatic nitrogens is 1. The summed E-state index contributed by atoms with van der Waals surface area (Å²) in [6, 6.07) is 5.06. The maximum absolute atomic E-state index is 13.2. The van der Waals surface area contributed by atoms with Crippen LogP contribution in [0.25, 0.3) is 0 Å². The number of halogens is 1. The molecule has 1 N–H and O–H groups in total. The van der Waals surface area contributed by atoms with E-state index in [-0.39, 0.29) is 11.5 Å². The summed E-state index contributed by atoms with van der Waals surface area (Å²) in [4.78, 5) is 0. The van der Waals surface area contributed by atoms with Gasteiger partial charge in [-0.05, 0) is 19.9 Å². The molecule has 0 bridgehead atoms. The van der Waals surface area contributed by atoms with E-state index in [1.54, 1.807) is 19.9 Å². The van der Waals surface area contributed by atoms with Gasteiger partial charge in [0.2, 0.25) is 10.0 Å². The van der Waals surface area contributed by atoms with Crippen LogP contribution in [0.15, 0.2) is 28.8 Å². The average Bonchev–Trinajstić information content (AvgIpc) is 2.93. The number of benzene rings is 1. The van der Waals surface area contributed by atoms with Crippen molar-refractivity contribution >= 4 is 10.0 Å². The van der Waals surface area contributed by atoms with Crippen molar-refractivity contribution in [3.8, 4) is 5.75 Å². The molecule has 2 heterocycles. The van der Waals surface area contributed by atoms with Gasteiger partial charge in [-0.3, -0.25) is 0 Å². The van der Waals surface area contributed by atoms with Gasteiger partial charge in [-0.25, -0.2) is 17.5 Å². The fourth-order valence-electron chi connectivity index (χ4n) is 2.45. The predicted molar refractivity (Wildman–Crippen MR) is 76.2 cm³/mol. The summed E-state index contributed by atoms with van der Waals surface area (Å²) in [5.41, 5.74) is 1.23. The van der Waals surface area contributed by atoms with Crippen LogP contribution in [-0.2, 0) is 15.8 Å². The van der Waals surface area contributed by atoms with Crippen molar-refractivity contribution in [2.75, 3.05) is 0 Å². The first kappa shape index (κ1) is 15.0. The molecule has 118 valence electrons. The third-order valence-corrected chi connectivity index (χ3v) is 4.69. The molecule has 2 atom stereocenters. The number of hydrogen-bond acceptors (Lipinski definition) is 5.